The highest BCUT2D eigenvalue weighted by Crippen LogP contribution is 2.28. The normalized spacial score (nSPS) is 22.0. The molecule has 0 unspecified atom stereocenters. The van der Waals surface area contributed by atoms with E-state index in [0.717, 1.165) is 61.9 Å². The van der Waals surface area contributed by atoms with Gasteiger partial charge < -0.3 is 15.4 Å². The summed E-state index contributed by atoms with van der Waals surface area (Å²) in [6, 6.07) is 6.03. The van der Waals surface area contributed by atoms with Gasteiger partial charge in [-0.15, -0.1) is 12.4 Å². The van der Waals surface area contributed by atoms with Crippen molar-refractivity contribution in [3.05, 3.63) is 29.3 Å². The second-order valence-electron chi connectivity index (χ2n) is 6.64. The molecule has 1 fully saturated rings. The largest absolute Gasteiger partial charge is 0.466 e. The van der Waals surface area contributed by atoms with Gasteiger partial charge in [-0.3, -0.25) is 9.59 Å². The second-order valence-corrected chi connectivity index (χ2v) is 6.64. The van der Waals surface area contributed by atoms with Crippen LogP contribution in [0, 0.1) is 5.92 Å². The maximum absolute atomic E-state index is 12.7. The summed E-state index contributed by atoms with van der Waals surface area (Å²) in [6.45, 7) is 3.23. The zero-order chi connectivity index (χ0) is 16.9. The first-order valence-electron chi connectivity index (χ1n) is 9.02. The van der Waals surface area contributed by atoms with Crippen molar-refractivity contribution in [1.82, 2.24) is 5.32 Å². The summed E-state index contributed by atoms with van der Waals surface area (Å²) < 4.78 is 5.10. The van der Waals surface area contributed by atoms with E-state index in [1.165, 1.54) is 0 Å². The molecule has 1 amide bonds. The first-order valence-corrected chi connectivity index (χ1v) is 9.02. The molecule has 0 radical (unpaired) electrons. The molecule has 1 aromatic carbocycles. The molecule has 6 heteroatoms. The van der Waals surface area contributed by atoms with Crippen LogP contribution in [0.3, 0.4) is 0 Å². The number of anilines is 1. The molecule has 2 N–H and O–H groups in total. The van der Waals surface area contributed by atoms with E-state index in [0.29, 0.717) is 6.61 Å². The summed E-state index contributed by atoms with van der Waals surface area (Å²) in [6.07, 6.45) is 5.25. The molecule has 1 saturated carbocycles. The molecule has 2 aliphatic rings. The van der Waals surface area contributed by atoms with Crippen LogP contribution in [0.25, 0.3) is 0 Å². The predicted octanol–water partition coefficient (Wildman–Crippen LogP) is 3.32. The molecule has 0 atom stereocenters. The number of amides is 1. The zero-order valence-corrected chi connectivity index (χ0v) is 15.5. The van der Waals surface area contributed by atoms with E-state index in [-0.39, 0.29) is 36.2 Å². The molecule has 1 aromatic rings. The first-order chi connectivity index (χ1) is 11.7. The summed E-state index contributed by atoms with van der Waals surface area (Å²) in [5.41, 5.74) is 2.99. The van der Waals surface area contributed by atoms with Crippen LogP contribution in [-0.4, -0.2) is 31.1 Å². The van der Waals surface area contributed by atoms with Crippen LogP contribution in [0.2, 0.25) is 0 Å². The van der Waals surface area contributed by atoms with Gasteiger partial charge in [-0.2, -0.15) is 0 Å². The van der Waals surface area contributed by atoms with Crippen LogP contribution in [-0.2, 0) is 16.0 Å². The minimum absolute atomic E-state index is 0. The third-order valence-electron chi connectivity index (χ3n) is 5.02. The predicted molar refractivity (Wildman–Crippen MR) is 100 cm³/mol. The standard InChI is InChI=1S/C19H26N2O3.ClH/c1-2-24-19(23)13-8-10-14(11-9-13)21-18(22)16-5-3-7-17-15(16)6-4-12-20-17;/h3,5,7,13-14,20H,2,4,6,8-12H2,1H3,(H,21,22);1H. The lowest BCUT2D eigenvalue weighted by atomic mass is 9.86. The van der Waals surface area contributed by atoms with Gasteiger partial charge in [0.2, 0.25) is 0 Å². The Hall–Kier alpha value is -1.75. The van der Waals surface area contributed by atoms with Crippen LogP contribution in [0.4, 0.5) is 5.69 Å². The van der Waals surface area contributed by atoms with E-state index < -0.39 is 0 Å². The van der Waals surface area contributed by atoms with Crippen molar-refractivity contribution in [3.8, 4) is 0 Å². The summed E-state index contributed by atoms with van der Waals surface area (Å²) in [4.78, 5) is 24.5. The van der Waals surface area contributed by atoms with Crippen molar-refractivity contribution in [2.24, 2.45) is 5.92 Å². The van der Waals surface area contributed by atoms with E-state index in [1.807, 2.05) is 25.1 Å². The fourth-order valence-corrected chi connectivity index (χ4v) is 3.72. The van der Waals surface area contributed by atoms with Crippen molar-refractivity contribution in [2.75, 3.05) is 18.5 Å². The number of carbonyl (C=O) groups is 2. The molecule has 0 bridgehead atoms. The van der Waals surface area contributed by atoms with Crippen LogP contribution >= 0.6 is 12.4 Å². The van der Waals surface area contributed by atoms with E-state index in [9.17, 15) is 9.59 Å². The maximum Gasteiger partial charge on any atom is 0.308 e. The van der Waals surface area contributed by atoms with Crippen molar-refractivity contribution >= 4 is 30.0 Å². The molecule has 1 aliphatic heterocycles. The number of halogens is 1. The lowest BCUT2D eigenvalue weighted by molar-refractivity contribution is -0.149. The molecule has 0 aromatic heterocycles. The molecule has 138 valence electrons. The van der Waals surface area contributed by atoms with Crippen LogP contribution in [0.15, 0.2) is 18.2 Å². The van der Waals surface area contributed by atoms with Crippen LogP contribution in [0.5, 0.6) is 0 Å². The highest BCUT2D eigenvalue weighted by Gasteiger charge is 2.28. The number of fused-ring (bicyclic) bond motifs is 1. The highest BCUT2D eigenvalue weighted by atomic mass is 35.5. The molecular formula is C19H27ClN2O3. The SMILES string of the molecule is CCOC(=O)C1CCC(NC(=O)c2cccc3c2CCCN3)CC1.Cl. The quantitative estimate of drug-likeness (QED) is 0.802. The Bertz CT molecular complexity index is 613. The number of carbonyl (C=O) groups excluding carboxylic acids is 2. The van der Waals surface area contributed by atoms with Gasteiger partial charge in [-0.1, -0.05) is 6.07 Å². The number of nitrogens with one attached hydrogen (secondary N) is 2. The van der Waals surface area contributed by atoms with Crippen molar-refractivity contribution in [1.29, 1.82) is 0 Å². The van der Waals surface area contributed by atoms with Crippen molar-refractivity contribution in [2.45, 2.75) is 51.5 Å². The van der Waals surface area contributed by atoms with Gasteiger partial charge in [-0.05, 0) is 63.1 Å². The fraction of sp³-hybridized carbons (Fsp3) is 0.579. The van der Waals surface area contributed by atoms with Crippen molar-refractivity contribution in [3.63, 3.8) is 0 Å². The van der Waals surface area contributed by atoms with Gasteiger partial charge in [0.25, 0.3) is 5.91 Å². The van der Waals surface area contributed by atoms with Gasteiger partial charge >= 0.3 is 5.97 Å². The van der Waals surface area contributed by atoms with E-state index in [2.05, 4.69) is 10.6 Å². The molecule has 1 aliphatic carbocycles. The Labute approximate surface area is 155 Å². The van der Waals surface area contributed by atoms with Crippen LogP contribution in [0.1, 0.15) is 54.9 Å². The van der Waals surface area contributed by atoms with Gasteiger partial charge in [-0.25, -0.2) is 0 Å². The van der Waals surface area contributed by atoms with Crippen molar-refractivity contribution < 1.29 is 14.3 Å². The van der Waals surface area contributed by atoms with E-state index in [1.54, 1.807) is 0 Å². The molecular weight excluding hydrogens is 340 g/mol. The van der Waals surface area contributed by atoms with Gasteiger partial charge in [0, 0.05) is 23.8 Å². The minimum Gasteiger partial charge on any atom is -0.466 e. The monoisotopic (exact) mass is 366 g/mol. The number of benzene rings is 1. The topological polar surface area (TPSA) is 67.4 Å². The highest BCUT2D eigenvalue weighted by molar-refractivity contribution is 5.97. The second kappa shape index (κ2) is 9.09. The first kappa shape index (κ1) is 19.6. The molecule has 1 heterocycles. The fourth-order valence-electron chi connectivity index (χ4n) is 3.72. The van der Waals surface area contributed by atoms with E-state index >= 15 is 0 Å². The number of rotatable bonds is 4. The third-order valence-corrected chi connectivity index (χ3v) is 5.02. The number of hydrogen-bond acceptors (Lipinski definition) is 4. The Morgan fingerprint density at radius 1 is 1.24 bits per heavy atom. The Morgan fingerprint density at radius 2 is 2.00 bits per heavy atom. The Kier molecular flexibility index (Phi) is 7.12. The average Bonchev–Trinajstić information content (AvgIpc) is 2.62. The van der Waals surface area contributed by atoms with Gasteiger partial charge in [0.1, 0.15) is 0 Å². The molecule has 25 heavy (non-hydrogen) atoms. The van der Waals surface area contributed by atoms with E-state index in [4.69, 9.17) is 4.74 Å². The number of esters is 1. The maximum atomic E-state index is 12.7. The number of hydrogen-bond donors (Lipinski definition) is 2. The summed E-state index contributed by atoms with van der Waals surface area (Å²) in [5.74, 6) is -0.0904. The molecule has 0 spiro atoms. The summed E-state index contributed by atoms with van der Waals surface area (Å²) in [7, 11) is 0. The third kappa shape index (κ3) is 4.66. The average molecular weight is 367 g/mol. The Balaban J connectivity index is 0.00000225. The minimum atomic E-state index is -0.0921. The zero-order valence-electron chi connectivity index (χ0n) is 14.7. The van der Waals surface area contributed by atoms with Crippen LogP contribution < -0.4 is 10.6 Å². The lowest BCUT2D eigenvalue weighted by Gasteiger charge is -2.28. The molecule has 3 rings (SSSR count). The molecule has 0 saturated heterocycles. The molecule has 5 nitrogen and oxygen atoms in total. The smallest absolute Gasteiger partial charge is 0.308 e. The number of ether oxygens (including phenoxy) is 1. The summed E-state index contributed by atoms with van der Waals surface area (Å²) in [5, 5.41) is 6.52. The summed E-state index contributed by atoms with van der Waals surface area (Å²) >= 11 is 0. The lowest BCUT2D eigenvalue weighted by Crippen LogP contribution is -2.39. The Morgan fingerprint density at radius 3 is 2.72 bits per heavy atom. The van der Waals surface area contributed by atoms with Gasteiger partial charge in [0.15, 0.2) is 0 Å². The van der Waals surface area contributed by atoms with Gasteiger partial charge in [0.05, 0.1) is 12.5 Å².